The number of carbonyl (C=O) groups excluding carboxylic acids is 1. The van der Waals surface area contributed by atoms with E-state index in [1.807, 2.05) is 19.3 Å². The molecular weight excluding hydrogens is 224 g/mol. The Kier molecular flexibility index (Phi) is 2.91. The molecule has 0 bridgehead atoms. The van der Waals surface area contributed by atoms with Crippen LogP contribution < -0.4 is 11.1 Å². The summed E-state index contributed by atoms with van der Waals surface area (Å²) < 4.78 is 1.70. The van der Waals surface area contributed by atoms with Gasteiger partial charge in [0.05, 0.1) is 17.9 Å². The van der Waals surface area contributed by atoms with Crippen LogP contribution in [0.1, 0.15) is 15.4 Å². The lowest BCUT2D eigenvalue weighted by atomic mass is 10.3. The number of nitrogens with zero attached hydrogens (tertiary/aromatic N) is 2. The van der Waals surface area contributed by atoms with E-state index in [0.717, 1.165) is 5.69 Å². The lowest BCUT2D eigenvalue weighted by Gasteiger charge is -2.01. The molecule has 0 fully saturated rings. The van der Waals surface area contributed by atoms with Crippen LogP contribution >= 0.6 is 11.3 Å². The predicted octanol–water partition coefficient (Wildman–Crippen LogP) is 0.994. The van der Waals surface area contributed by atoms with Crippen molar-refractivity contribution in [3.8, 4) is 0 Å². The molecule has 0 atom stereocenters. The maximum Gasteiger partial charge on any atom is 0.263 e. The van der Waals surface area contributed by atoms with Gasteiger partial charge in [-0.05, 0) is 17.5 Å². The molecule has 0 unspecified atom stereocenters. The summed E-state index contributed by atoms with van der Waals surface area (Å²) in [4.78, 5) is 12.2. The third-order valence-corrected chi connectivity index (χ3v) is 3.03. The molecule has 0 saturated heterocycles. The molecule has 2 rings (SSSR count). The van der Waals surface area contributed by atoms with Gasteiger partial charge in [0, 0.05) is 13.2 Å². The molecule has 84 valence electrons. The SMILES string of the molecule is Cn1ccc(CNC(=O)c2sccc2N)n1. The van der Waals surface area contributed by atoms with Crippen LogP contribution in [0.3, 0.4) is 0 Å². The summed E-state index contributed by atoms with van der Waals surface area (Å²) in [7, 11) is 1.84. The summed E-state index contributed by atoms with van der Waals surface area (Å²) in [6.45, 7) is 0.414. The van der Waals surface area contributed by atoms with E-state index < -0.39 is 0 Å². The van der Waals surface area contributed by atoms with Crippen LogP contribution in [-0.2, 0) is 13.6 Å². The van der Waals surface area contributed by atoms with Gasteiger partial charge in [-0.25, -0.2) is 0 Å². The van der Waals surface area contributed by atoms with Crippen LogP contribution in [0.15, 0.2) is 23.7 Å². The number of nitrogens with one attached hydrogen (secondary N) is 1. The molecule has 16 heavy (non-hydrogen) atoms. The van der Waals surface area contributed by atoms with Gasteiger partial charge in [-0.1, -0.05) is 0 Å². The predicted molar refractivity (Wildman–Crippen MR) is 63.1 cm³/mol. The monoisotopic (exact) mass is 236 g/mol. The fraction of sp³-hybridized carbons (Fsp3) is 0.200. The van der Waals surface area contributed by atoms with Gasteiger partial charge in [0.15, 0.2) is 0 Å². The fourth-order valence-electron chi connectivity index (χ4n) is 1.31. The lowest BCUT2D eigenvalue weighted by Crippen LogP contribution is -2.22. The minimum absolute atomic E-state index is 0.154. The summed E-state index contributed by atoms with van der Waals surface area (Å²) in [5.74, 6) is -0.154. The molecule has 2 aromatic rings. The molecule has 2 aromatic heterocycles. The average molecular weight is 236 g/mol. The first-order chi connectivity index (χ1) is 7.66. The van der Waals surface area contributed by atoms with Crippen molar-refractivity contribution in [1.29, 1.82) is 0 Å². The molecule has 6 heteroatoms. The minimum Gasteiger partial charge on any atom is -0.397 e. The van der Waals surface area contributed by atoms with Gasteiger partial charge >= 0.3 is 0 Å². The number of amides is 1. The largest absolute Gasteiger partial charge is 0.397 e. The van der Waals surface area contributed by atoms with Gasteiger partial charge in [0.1, 0.15) is 4.88 Å². The van der Waals surface area contributed by atoms with Crippen molar-refractivity contribution < 1.29 is 4.79 Å². The summed E-state index contributed by atoms with van der Waals surface area (Å²) in [5, 5.41) is 8.73. The van der Waals surface area contributed by atoms with Gasteiger partial charge in [0.25, 0.3) is 5.91 Å². The molecule has 0 aliphatic heterocycles. The molecule has 1 amide bonds. The summed E-state index contributed by atoms with van der Waals surface area (Å²) in [6, 6.07) is 3.58. The number of thiophene rings is 1. The summed E-state index contributed by atoms with van der Waals surface area (Å²) in [5.41, 5.74) is 6.99. The first-order valence-corrected chi connectivity index (χ1v) is 5.64. The molecule has 0 radical (unpaired) electrons. The zero-order valence-electron chi connectivity index (χ0n) is 8.80. The molecule has 0 spiro atoms. The van der Waals surface area contributed by atoms with E-state index in [1.165, 1.54) is 11.3 Å². The quantitative estimate of drug-likeness (QED) is 0.834. The van der Waals surface area contributed by atoms with Crippen molar-refractivity contribution in [2.45, 2.75) is 6.54 Å². The van der Waals surface area contributed by atoms with Crippen LogP contribution in [0.4, 0.5) is 5.69 Å². The van der Waals surface area contributed by atoms with E-state index in [0.29, 0.717) is 17.1 Å². The second-order valence-corrected chi connectivity index (χ2v) is 4.28. The average Bonchev–Trinajstić information content (AvgIpc) is 2.84. The zero-order valence-corrected chi connectivity index (χ0v) is 9.62. The van der Waals surface area contributed by atoms with E-state index >= 15 is 0 Å². The second-order valence-electron chi connectivity index (χ2n) is 3.37. The highest BCUT2D eigenvalue weighted by molar-refractivity contribution is 7.12. The highest BCUT2D eigenvalue weighted by Crippen LogP contribution is 2.18. The van der Waals surface area contributed by atoms with Gasteiger partial charge < -0.3 is 11.1 Å². The third-order valence-electron chi connectivity index (χ3n) is 2.10. The highest BCUT2D eigenvalue weighted by Gasteiger charge is 2.10. The van der Waals surface area contributed by atoms with Crippen molar-refractivity contribution >= 4 is 22.9 Å². The normalized spacial score (nSPS) is 10.3. The Bertz CT molecular complexity index is 502. The number of rotatable bonds is 3. The van der Waals surface area contributed by atoms with Crippen LogP contribution in [0.25, 0.3) is 0 Å². The van der Waals surface area contributed by atoms with Crippen LogP contribution in [0.2, 0.25) is 0 Å². The first kappa shape index (κ1) is 10.7. The Labute approximate surface area is 96.9 Å². The van der Waals surface area contributed by atoms with E-state index in [1.54, 1.807) is 16.1 Å². The number of aromatic nitrogens is 2. The van der Waals surface area contributed by atoms with Gasteiger partial charge in [-0.15, -0.1) is 11.3 Å². The van der Waals surface area contributed by atoms with Gasteiger partial charge in [-0.3, -0.25) is 9.48 Å². The van der Waals surface area contributed by atoms with Crippen molar-refractivity contribution in [2.75, 3.05) is 5.73 Å². The zero-order chi connectivity index (χ0) is 11.5. The van der Waals surface area contributed by atoms with Crippen molar-refractivity contribution in [3.05, 3.63) is 34.3 Å². The summed E-state index contributed by atoms with van der Waals surface area (Å²) >= 11 is 1.34. The minimum atomic E-state index is -0.154. The van der Waals surface area contributed by atoms with Gasteiger partial charge in [0.2, 0.25) is 0 Å². The lowest BCUT2D eigenvalue weighted by molar-refractivity contribution is 0.0955. The molecule has 0 aliphatic rings. The molecule has 5 nitrogen and oxygen atoms in total. The molecule has 2 heterocycles. The topological polar surface area (TPSA) is 72.9 Å². The molecule has 3 N–H and O–H groups in total. The number of nitrogens with two attached hydrogens (primary N) is 1. The third kappa shape index (κ3) is 2.22. The molecule has 0 aromatic carbocycles. The number of nitrogen functional groups attached to an aromatic ring is 1. The molecular formula is C10H12N4OS. The number of aryl methyl sites for hydroxylation is 1. The molecule has 0 aliphatic carbocycles. The van der Waals surface area contributed by atoms with E-state index in [-0.39, 0.29) is 5.91 Å². The maximum absolute atomic E-state index is 11.7. The van der Waals surface area contributed by atoms with Crippen LogP contribution in [0.5, 0.6) is 0 Å². The standard InChI is InChI=1S/C10H12N4OS/c1-14-4-2-7(13-14)6-12-10(15)9-8(11)3-5-16-9/h2-5H,6,11H2,1H3,(H,12,15). The van der Waals surface area contributed by atoms with Crippen molar-refractivity contribution in [1.82, 2.24) is 15.1 Å². The Morgan fingerprint density at radius 2 is 2.44 bits per heavy atom. The van der Waals surface area contributed by atoms with E-state index in [2.05, 4.69) is 10.4 Å². The first-order valence-electron chi connectivity index (χ1n) is 4.76. The number of hydrogen-bond acceptors (Lipinski definition) is 4. The Morgan fingerprint density at radius 3 is 3.00 bits per heavy atom. The van der Waals surface area contributed by atoms with Crippen molar-refractivity contribution in [2.24, 2.45) is 7.05 Å². The van der Waals surface area contributed by atoms with E-state index in [4.69, 9.17) is 5.73 Å². The maximum atomic E-state index is 11.7. The fourth-order valence-corrected chi connectivity index (χ4v) is 2.05. The van der Waals surface area contributed by atoms with E-state index in [9.17, 15) is 4.79 Å². The number of carbonyl (C=O) groups is 1. The van der Waals surface area contributed by atoms with Crippen LogP contribution in [-0.4, -0.2) is 15.7 Å². The summed E-state index contributed by atoms with van der Waals surface area (Å²) in [6.07, 6.45) is 1.83. The Morgan fingerprint density at radius 1 is 1.62 bits per heavy atom. The smallest absolute Gasteiger partial charge is 0.263 e. The van der Waals surface area contributed by atoms with Crippen molar-refractivity contribution in [3.63, 3.8) is 0 Å². The molecule has 0 saturated carbocycles. The number of anilines is 1. The number of hydrogen-bond donors (Lipinski definition) is 2. The van der Waals surface area contributed by atoms with Crippen LogP contribution in [0, 0.1) is 0 Å². The van der Waals surface area contributed by atoms with Gasteiger partial charge in [-0.2, -0.15) is 5.10 Å². The Hall–Kier alpha value is -1.82. The Balaban J connectivity index is 1.96. The highest BCUT2D eigenvalue weighted by atomic mass is 32.1. The second kappa shape index (κ2) is 4.36.